The second-order valence-corrected chi connectivity index (χ2v) is 9.28. The molecule has 2 aromatic rings. The van der Waals surface area contributed by atoms with E-state index in [-0.39, 0.29) is 30.6 Å². The van der Waals surface area contributed by atoms with E-state index in [4.69, 9.17) is 10.5 Å². The van der Waals surface area contributed by atoms with E-state index in [1.165, 1.54) is 13.2 Å². The Kier molecular flexibility index (Phi) is 4.45. The first-order valence-electron chi connectivity index (χ1n) is 9.06. The van der Waals surface area contributed by atoms with Gasteiger partial charge in [-0.05, 0) is 37.3 Å². The molecular weight excluding hydrogens is 394 g/mol. The van der Waals surface area contributed by atoms with Crippen LogP contribution in [0, 0.1) is 0 Å². The smallest absolute Gasteiger partial charge is 0.274 e. The number of pyridine rings is 1. The lowest BCUT2D eigenvalue weighted by atomic mass is 9.87. The second-order valence-electron chi connectivity index (χ2n) is 7.14. The van der Waals surface area contributed by atoms with E-state index >= 15 is 0 Å². The third kappa shape index (κ3) is 3.09. The molecule has 1 aromatic carbocycles. The number of nitrogens with zero attached hydrogens (tertiary/aromatic N) is 3. The molecule has 1 amide bonds. The molecule has 0 radical (unpaired) electrons. The third-order valence-electron chi connectivity index (χ3n) is 5.36. The first-order valence-corrected chi connectivity index (χ1v) is 10.6. The molecule has 0 aliphatic carbocycles. The van der Waals surface area contributed by atoms with Crippen molar-refractivity contribution < 1.29 is 17.9 Å². The molecule has 2 aliphatic heterocycles. The molecule has 9 nitrogen and oxygen atoms in total. The van der Waals surface area contributed by atoms with Crippen LogP contribution in [-0.2, 0) is 15.6 Å². The number of aromatic nitrogens is 1. The lowest BCUT2D eigenvalue weighted by Crippen LogP contribution is -2.56. The summed E-state index contributed by atoms with van der Waals surface area (Å²) < 4.78 is 32.8. The number of carbonyl (C=O) groups excluding carboxylic acids is 1. The quantitative estimate of drug-likeness (QED) is 0.761. The molecule has 152 valence electrons. The van der Waals surface area contributed by atoms with Crippen molar-refractivity contribution in [1.82, 2.24) is 9.29 Å². The number of aliphatic imine (C=N–C) groups is 1. The Balaban J connectivity index is 1.78. The van der Waals surface area contributed by atoms with Crippen molar-refractivity contribution in [2.24, 2.45) is 10.7 Å². The number of guanidine groups is 1. The van der Waals surface area contributed by atoms with Crippen molar-refractivity contribution in [3.8, 4) is 5.75 Å². The number of amides is 1. The molecule has 10 heteroatoms. The zero-order valence-corrected chi connectivity index (χ0v) is 16.8. The van der Waals surface area contributed by atoms with Crippen LogP contribution < -0.4 is 15.8 Å². The van der Waals surface area contributed by atoms with Gasteiger partial charge >= 0.3 is 0 Å². The molecule has 1 aromatic heterocycles. The molecule has 0 spiro atoms. The number of sulfonamides is 1. The van der Waals surface area contributed by atoms with Gasteiger partial charge in [0.05, 0.1) is 6.61 Å². The molecular formula is C19H21N5O4S. The van der Waals surface area contributed by atoms with E-state index in [2.05, 4.69) is 15.3 Å². The van der Waals surface area contributed by atoms with Gasteiger partial charge in [-0.15, -0.1) is 0 Å². The Morgan fingerprint density at radius 1 is 1.34 bits per heavy atom. The summed E-state index contributed by atoms with van der Waals surface area (Å²) in [6.45, 7) is 1.96. The molecule has 0 saturated heterocycles. The van der Waals surface area contributed by atoms with Crippen molar-refractivity contribution in [2.75, 3.05) is 19.0 Å². The van der Waals surface area contributed by atoms with Crippen LogP contribution >= 0.6 is 0 Å². The molecule has 29 heavy (non-hydrogen) atoms. The Morgan fingerprint density at radius 3 is 2.86 bits per heavy atom. The van der Waals surface area contributed by atoms with Gasteiger partial charge in [-0.1, -0.05) is 6.07 Å². The van der Waals surface area contributed by atoms with Crippen LogP contribution in [0.2, 0.25) is 0 Å². The lowest BCUT2D eigenvalue weighted by molar-refractivity contribution is 0.102. The van der Waals surface area contributed by atoms with Gasteiger partial charge in [0.2, 0.25) is 16.0 Å². The highest BCUT2D eigenvalue weighted by Crippen LogP contribution is 2.45. The van der Waals surface area contributed by atoms with Crippen LogP contribution in [0.15, 0.2) is 47.6 Å². The lowest BCUT2D eigenvalue weighted by Gasteiger charge is -2.40. The normalized spacial score (nSPS) is 25.0. The number of nitrogens with one attached hydrogen (secondary N) is 1. The number of rotatable bonds is 2. The summed E-state index contributed by atoms with van der Waals surface area (Å²) in [6.07, 6.45) is 1.80. The van der Waals surface area contributed by atoms with Crippen molar-refractivity contribution in [3.63, 3.8) is 0 Å². The predicted octanol–water partition coefficient (Wildman–Crippen LogP) is 1.29. The summed E-state index contributed by atoms with van der Waals surface area (Å²) in [5.41, 5.74) is 6.09. The fraction of sp³-hybridized carbons (Fsp3) is 0.316. The minimum atomic E-state index is -3.71. The summed E-state index contributed by atoms with van der Waals surface area (Å²) in [4.78, 5) is 21.0. The van der Waals surface area contributed by atoms with Crippen LogP contribution in [0.5, 0.6) is 5.75 Å². The van der Waals surface area contributed by atoms with E-state index in [0.29, 0.717) is 17.0 Å². The van der Waals surface area contributed by atoms with E-state index in [1.54, 1.807) is 43.3 Å². The number of hydrogen-bond acceptors (Lipinski definition) is 7. The van der Waals surface area contributed by atoms with Crippen molar-refractivity contribution in [1.29, 1.82) is 0 Å². The largest absolute Gasteiger partial charge is 0.493 e. The van der Waals surface area contributed by atoms with Crippen LogP contribution in [0.4, 0.5) is 5.69 Å². The summed E-state index contributed by atoms with van der Waals surface area (Å²) >= 11 is 0. The zero-order valence-electron chi connectivity index (χ0n) is 16.0. The number of benzene rings is 1. The van der Waals surface area contributed by atoms with E-state index < -0.39 is 20.8 Å². The number of hydrogen-bond donors (Lipinski definition) is 2. The van der Waals surface area contributed by atoms with Gasteiger partial charge in [0.1, 0.15) is 22.2 Å². The molecule has 3 heterocycles. The maximum atomic E-state index is 13.0. The average molecular weight is 415 g/mol. The SMILES string of the molecule is CN1C(N)=N[C@]2(C)c3cc(NC(=O)c4ccccn4)ccc3OCC[C@@H]2S1(=O)=O. The minimum Gasteiger partial charge on any atom is -0.493 e. The fourth-order valence-electron chi connectivity index (χ4n) is 3.75. The van der Waals surface area contributed by atoms with Crippen LogP contribution in [0.3, 0.4) is 0 Å². The second kappa shape index (κ2) is 6.73. The Hall–Kier alpha value is -3.14. The Labute approximate surface area is 168 Å². The molecule has 0 bridgehead atoms. The molecule has 0 saturated carbocycles. The monoisotopic (exact) mass is 415 g/mol. The maximum Gasteiger partial charge on any atom is 0.274 e. The highest BCUT2D eigenvalue weighted by atomic mass is 32.2. The predicted molar refractivity (Wildman–Crippen MR) is 108 cm³/mol. The topological polar surface area (TPSA) is 127 Å². The van der Waals surface area contributed by atoms with E-state index in [9.17, 15) is 13.2 Å². The summed E-state index contributed by atoms with van der Waals surface area (Å²) in [5, 5.41) is 1.95. The molecule has 2 atom stereocenters. The molecule has 2 aliphatic rings. The summed E-state index contributed by atoms with van der Waals surface area (Å²) in [6, 6.07) is 10.1. The number of fused-ring (bicyclic) bond motifs is 3. The first-order chi connectivity index (χ1) is 13.7. The van der Waals surface area contributed by atoms with Crippen LogP contribution in [0.1, 0.15) is 29.4 Å². The molecule has 0 fully saturated rings. The number of carbonyl (C=O) groups is 1. The third-order valence-corrected chi connectivity index (χ3v) is 7.72. The number of nitrogens with two attached hydrogens (primary N) is 1. The van der Waals surface area contributed by atoms with Crippen molar-refractivity contribution in [3.05, 3.63) is 53.9 Å². The molecule has 3 N–H and O–H groups in total. The highest BCUT2D eigenvalue weighted by molar-refractivity contribution is 7.90. The van der Waals surface area contributed by atoms with Crippen molar-refractivity contribution in [2.45, 2.75) is 24.1 Å². The zero-order chi connectivity index (χ0) is 20.8. The maximum absolute atomic E-state index is 13.0. The van der Waals surface area contributed by atoms with E-state index in [0.717, 1.165) is 4.31 Å². The number of anilines is 1. The molecule has 0 unspecified atom stereocenters. The van der Waals surface area contributed by atoms with Gasteiger partial charge in [-0.3, -0.25) is 9.78 Å². The Morgan fingerprint density at radius 2 is 2.14 bits per heavy atom. The van der Waals surface area contributed by atoms with Crippen molar-refractivity contribution >= 4 is 27.6 Å². The van der Waals surface area contributed by atoms with Gasteiger partial charge in [-0.2, -0.15) is 0 Å². The Bertz CT molecular complexity index is 1100. The van der Waals surface area contributed by atoms with E-state index in [1.807, 2.05) is 0 Å². The number of ether oxygens (including phenoxy) is 1. The summed E-state index contributed by atoms with van der Waals surface area (Å²) in [5.74, 6) is 0.0578. The van der Waals surface area contributed by atoms with Crippen LogP contribution in [-0.4, -0.2) is 48.5 Å². The standard InChI is InChI=1S/C19H21N5O4S/c1-19-13-11-12(22-17(25)14-5-3-4-9-21-14)6-7-15(13)28-10-8-16(19)29(26,27)24(2)18(20)23-19/h3-7,9,11,16H,8,10H2,1-2H3,(H2,20,23)(H,22,25)/t16-,19+/m0/s1. The van der Waals surface area contributed by atoms with Gasteiger partial charge < -0.3 is 15.8 Å². The highest BCUT2D eigenvalue weighted by Gasteiger charge is 2.52. The average Bonchev–Trinajstić information content (AvgIpc) is 2.84. The minimum absolute atomic E-state index is 0.0838. The molecule has 4 rings (SSSR count). The fourth-order valence-corrected chi connectivity index (χ4v) is 5.59. The summed E-state index contributed by atoms with van der Waals surface area (Å²) in [7, 11) is -2.32. The van der Waals surface area contributed by atoms with Gasteiger partial charge in [-0.25, -0.2) is 17.7 Å². The van der Waals surface area contributed by atoms with Crippen LogP contribution in [0.25, 0.3) is 0 Å². The van der Waals surface area contributed by atoms with Gasteiger partial charge in [0.25, 0.3) is 5.91 Å². The van der Waals surface area contributed by atoms with Gasteiger partial charge in [0.15, 0.2) is 0 Å². The van der Waals surface area contributed by atoms with Gasteiger partial charge in [0, 0.05) is 30.9 Å². The first kappa shape index (κ1) is 19.2.